The van der Waals surface area contributed by atoms with Crippen molar-refractivity contribution in [2.75, 3.05) is 23.3 Å². The van der Waals surface area contributed by atoms with Crippen molar-refractivity contribution < 1.29 is 4.79 Å². The van der Waals surface area contributed by atoms with Crippen molar-refractivity contribution in [3.05, 3.63) is 77.5 Å². The highest BCUT2D eigenvalue weighted by molar-refractivity contribution is 5.92. The number of aromatic nitrogens is 3. The predicted molar refractivity (Wildman–Crippen MR) is 133 cm³/mol. The van der Waals surface area contributed by atoms with Gasteiger partial charge in [0.1, 0.15) is 5.82 Å². The molecular formula is C27H29N5O. The molecule has 0 spiro atoms. The average molecular weight is 440 g/mol. The molecule has 1 aliphatic rings. The van der Waals surface area contributed by atoms with E-state index in [0.717, 1.165) is 65.6 Å². The van der Waals surface area contributed by atoms with Gasteiger partial charge in [0, 0.05) is 48.1 Å². The number of amides is 1. The van der Waals surface area contributed by atoms with Crippen LogP contribution >= 0.6 is 0 Å². The van der Waals surface area contributed by atoms with Crippen molar-refractivity contribution in [2.24, 2.45) is 5.92 Å². The number of nitrogens with zero attached hydrogens (tertiary/aromatic N) is 4. The second-order valence-corrected chi connectivity index (χ2v) is 9.04. The standard InChI is InChI=1S/C27H29N5O/c1-18-7-9-21(10-8-18)24-17-25-28-20(3)16-26(32(25)30-24)31-13-11-22(12-14-31)27(33)29-23-6-4-5-19(2)15-23/h4-10,15-17,22H,11-14H2,1-3H3,(H,29,33). The molecule has 0 aliphatic carbocycles. The first-order valence-electron chi connectivity index (χ1n) is 11.5. The molecule has 1 saturated heterocycles. The van der Waals surface area contributed by atoms with Crippen LogP contribution in [0.15, 0.2) is 60.7 Å². The Hall–Kier alpha value is -3.67. The Labute approximate surface area is 194 Å². The fourth-order valence-corrected chi connectivity index (χ4v) is 4.51. The van der Waals surface area contributed by atoms with Crippen LogP contribution in [0, 0.1) is 26.7 Å². The van der Waals surface area contributed by atoms with Crippen LogP contribution < -0.4 is 10.2 Å². The van der Waals surface area contributed by atoms with E-state index in [1.807, 2.05) is 48.7 Å². The van der Waals surface area contributed by atoms with Gasteiger partial charge in [-0.15, -0.1) is 0 Å². The molecule has 168 valence electrons. The minimum atomic E-state index is 0.0147. The monoisotopic (exact) mass is 439 g/mol. The van der Waals surface area contributed by atoms with Gasteiger partial charge in [0.25, 0.3) is 0 Å². The normalized spacial score (nSPS) is 14.6. The van der Waals surface area contributed by atoms with E-state index in [9.17, 15) is 4.79 Å². The summed E-state index contributed by atoms with van der Waals surface area (Å²) in [5.41, 5.74) is 7.06. The van der Waals surface area contributed by atoms with E-state index >= 15 is 0 Å². The van der Waals surface area contributed by atoms with E-state index in [2.05, 4.69) is 47.5 Å². The summed E-state index contributed by atoms with van der Waals surface area (Å²) in [4.78, 5) is 19.8. The second kappa shape index (κ2) is 8.70. The van der Waals surface area contributed by atoms with Crippen molar-refractivity contribution in [1.29, 1.82) is 0 Å². The lowest BCUT2D eigenvalue weighted by Crippen LogP contribution is -2.39. The predicted octanol–water partition coefficient (Wildman–Crippen LogP) is 5.18. The van der Waals surface area contributed by atoms with Crippen LogP contribution in [-0.4, -0.2) is 33.6 Å². The minimum Gasteiger partial charge on any atom is -0.356 e. The van der Waals surface area contributed by atoms with Crippen molar-refractivity contribution >= 4 is 23.1 Å². The first-order valence-corrected chi connectivity index (χ1v) is 11.5. The lowest BCUT2D eigenvalue weighted by atomic mass is 9.95. The summed E-state index contributed by atoms with van der Waals surface area (Å²) in [5, 5.41) is 7.97. The minimum absolute atomic E-state index is 0.0147. The van der Waals surface area contributed by atoms with Crippen LogP contribution in [0.2, 0.25) is 0 Å². The first-order chi connectivity index (χ1) is 16.0. The van der Waals surface area contributed by atoms with Gasteiger partial charge in [0.2, 0.25) is 5.91 Å². The van der Waals surface area contributed by atoms with Gasteiger partial charge in [-0.3, -0.25) is 4.79 Å². The SMILES string of the molecule is Cc1ccc(-c2cc3nc(C)cc(N4CCC(C(=O)Nc5cccc(C)c5)CC4)n3n2)cc1. The summed E-state index contributed by atoms with van der Waals surface area (Å²) >= 11 is 0. The van der Waals surface area contributed by atoms with Gasteiger partial charge in [-0.2, -0.15) is 9.61 Å². The maximum Gasteiger partial charge on any atom is 0.227 e. The molecule has 33 heavy (non-hydrogen) atoms. The molecule has 3 heterocycles. The van der Waals surface area contributed by atoms with Gasteiger partial charge in [-0.05, 0) is 51.3 Å². The highest BCUT2D eigenvalue weighted by Crippen LogP contribution is 2.28. The van der Waals surface area contributed by atoms with E-state index in [0.29, 0.717) is 0 Å². The molecule has 0 unspecified atom stereocenters. The van der Waals surface area contributed by atoms with Crippen molar-refractivity contribution in [3.8, 4) is 11.3 Å². The summed E-state index contributed by atoms with van der Waals surface area (Å²) in [5.74, 6) is 1.16. The van der Waals surface area contributed by atoms with Gasteiger partial charge in [-0.25, -0.2) is 4.98 Å². The Kier molecular flexibility index (Phi) is 5.58. The van der Waals surface area contributed by atoms with E-state index in [1.165, 1.54) is 5.56 Å². The Morgan fingerprint density at radius 1 is 0.939 bits per heavy atom. The number of nitrogens with one attached hydrogen (secondary N) is 1. The summed E-state index contributed by atoms with van der Waals surface area (Å²) in [6, 6.07) is 20.5. The van der Waals surface area contributed by atoms with Gasteiger partial charge in [0.15, 0.2) is 5.65 Å². The summed E-state index contributed by atoms with van der Waals surface area (Å²) in [7, 11) is 0. The Balaban J connectivity index is 1.33. The van der Waals surface area contributed by atoms with Crippen LogP contribution in [-0.2, 0) is 4.79 Å². The average Bonchev–Trinajstić information content (AvgIpc) is 3.23. The van der Waals surface area contributed by atoms with Crippen LogP contribution in [0.1, 0.15) is 29.7 Å². The smallest absolute Gasteiger partial charge is 0.227 e. The largest absolute Gasteiger partial charge is 0.356 e. The number of rotatable bonds is 4. The van der Waals surface area contributed by atoms with Crippen LogP contribution in [0.3, 0.4) is 0 Å². The fraction of sp³-hybridized carbons (Fsp3) is 0.296. The maximum absolute atomic E-state index is 12.8. The van der Waals surface area contributed by atoms with E-state index in [4.69, 9.17) is 10.1 Å². The zero-order chi connectivity index (χ0) is 22.9. The van der Waals surface area contributed by atoms with Gasteiger partial charge in [0.05, 0.1) is 5.69 Å². The first kappa shape index (κ1) is 21.2. The molecule has 6 nitrogen and oxygen atoms in total. The molecule has 2 aromatic heterocycles. The Morgan fingerprint density at radius 3 is 2.42 bits per heavy atom. The van der Waals surface area contributed by atoms with E-state index < -0.39 is 0 Å². The lowest BCUT2D eigenvalue weighted by molar-refractivity contribution is -0.120. The van der Waals surface area contributed by atoms with Crippen molar-refractivity contribution in [1.82, 2.24) is 14.6 Å². The van der Waals surface area contributed by atoms with Gasteiger partial charge < -0.3 is 10.2 Å². The molecule has 0 bridgehead atoms. The lowest BCUT2D eigenvalue weighted by Gasteiger charge is -2.33. The topological polar surface area (TPSA) is 62.5 Å². The molecule has 5 rings (SSSR count). The number of benzene rings is 2. The van der Waals surface area contributed by atoms with Crippen LogP contribution in [0.5, 0.6) is 0 Å². The number of anilines is 2. The molecule has 0 radical (unpaired) electrons. The summed E-state index contributed by atoms with van der Waals surface area (Å²) in [6.45, 7) is 7.75. The summed E-state index contributed by atoms with van der Waals surface area (Å²) < 4.78 is 1.94. The number of piperidine rings is 1. The van der Waals surface area contributed by atoms with Crippen molar-refractivity contribution in [3.63, 3.8) is 0 Å². The third kappa shape index (κ3) is 4.46. The third-order valence-corrected chi connectivity index (χ3v) is 6.36. The number of hydrogen-bond donors (Lipinski definition) is 1. The quantitative estimate of drug-likeness (QED) is 0.476. The van der Waals surface area contributed by atoms with Crippen LogP contribution in [0.25, 0.3) is 16.9 Å². The Bertz CT molecular complexity index is 1300. The molecule has 1 amide bonds. The van der Waals surface area contributed by atoms with Crippen molar-refractivity contribution in [2.45, 2.75) is 33.6 Å². The van der Waals surface area contributed by atoms with E-state index in [1.54, 1.807) is 0 Å². The molecule has 1 aliphatic heterocycles. The Morgan fingerprint density at radius 2 is 1.70 bits per heavy atom. The molecule has 1 N–H and O–H groups in total. The molecule has 0 atom stereocenters. The van der Waals surface area contributed by atoms with E-state index in [-0.39, 0.29) is 11.8 Å². The summed E-state index contributed by atoms with van der Waals surface area (Å²) in [6.07, 6.45) is 1.62. The number of carbonyl (C=O) groups is 1. The molecule has 1 fully saturated rings. The number of hydrogen-bond acceptors (Lipinski definition) is 4. The highest BCUT2D eigenvalue weighted by Gasteiger charge is 2.27. The molecule has 0 saturated carbocycles. The number of fused-ring (bicyclic) bond motifs is 1. The molecule has 2 aromatic carbocycles. The maximum atomic E-state index is 12.8. The molecule has 4 aromatic rings. The van der Waals surface area contributed by atoms with Gasteiger partial charge in [-0.1, -0.05) is 42.0 Å². The highest BCUT2D eigenvalue weighted by atomic mass is 16.1. The van der Waals surface area contributed by atoms with Gasteiger partial charge >= 0.3 is 0 Å². The fourth-order valence-electron chi connectivity index (χ4n) is 4.51. The number of carbonyl (C=O) groups excluding carboxylic acids is 1. The van der Waals surface area contributed by atoms with Crippen LogP contribution in [0.4, 0.5) is 11.5 Å². The molecular weight excluding hydrogens is 410 g/mol. The second-order valence-electron chi connectivity index (χ2n) is 9.04. The zero-order valence-corrected chi connectivity index (χ0v) is 19.4. The molecule has 6 heteroatoms. The number of aryl methyl sites for hydroxylation is 3. The third-order valence-electron chi connectivity index (χ3n) is 6.36. The zero-order valence-electron chi connectivity index (χ0n) is 19.4.